The lowest BCUT2D eigenvalue weighted by atomic mass is 10.1. The average Bonchev–Trinajstić information content (AvgIpc) is 2.88. The fraction of sp³-hybridized carbons (Fsp3) is 0.333. The van der Waals surface area contributed by atoms with Crippen LogP contribution in [0.4, 0.5) is 4.39 Å². The van der Waals surface area contributed by atoms with E-state index in [0.29, 0.717) is 24.4 Å². The Morgan fingerprint density at radius 1 is 1.48 bits per heavy atom. The third-order valence-corrected chi connectivity index (χ3v) is 3.21. The Morgan fingerprint density at radius 3 is 2.90 bits per heavy atom. The summed E-state index contributed by atoms with van der Waals surface area (Å²) in [5, 5.41) is 5.83. The van der Waals surface area contributed by atoms with Crippen LogP contribution in [0.2, 0.25) is 0 Å². The van der Waals surface area contributed by atoms with Crippen LogP contribution in [-0.4, -0.2) is 29.1 Å². The molecule has 2 aromatic rings. The molecule has 0 saturated carbocycles. The summed E-state index contributed by atoms with van der Waals surface area (Å²) in [4.78, 5) is 16.3. The first kappa shape index (κ1) is 15.2. The molecular weight excluding hydrogens is 271 g/mol. The molecule has 0 aliphatic heterocycles. The molecule has 0 radical (unpaired) electrons. The molecule has 1 heterocycles. The molecule has 21 heavy (non-hydrogen) atoms. The minimum Gasteiger partial charge on any atom is -0.342 e. The van der Waals surface area contributed by atoms with Crippen LogP contribution in [0, 0.1) is 5.82 Å². The highest BCUT2D eigenvalue weighted by atomic mass is 19.1. The number of amides is 1. The maximum Gasteiger partial charge on any atom is 0.222 e. The zero-order valence-electron chi connectivity index (χ0n) is 12.1. The largest absolute Gasteiger partial charge is 0.342 e. The van der Waals surface area contributed by atoms with Crippen LogP contribution in [0.1, 0.15) is 23.9 Å². The number of benzene rings is 1. The maximum absolute atomic E-state index is 13.5. The van der Waals surface area contributed by atoms with Crippen LogP contribution in [0.3, 0.4) is 0 Å². The summed E-state index contributed by atoms with van der Waals surface area (Å²) in [5.74, 6) is 0.219. The van der Waals surface area contributed by atoms with Crippen molar-refractivity contribution in [3.05, 3.63) is 53.9 Å². The molecule has 1 aromatic heterocycles. The van der Waals surface area contributed by atoms with Crippen molar-refractivity contribution in [3.63, 3.8) is 0 Å². The molecule has 1 aromatic carbocycles. The molecule has 0 fully saturated rings. The van der Waals surface area contributed by atoms with Crippen LogP contribution >= 0.6 is 0 Å². The number of aryl methyl sites for hydroxylation is 1. The van der Waals surface area contributed by atoms with E-state index in [-0.39, 0.29) is 11.7 Å². The standard InChI is InChI=1S/C15H19FN4O/c1-17-7-6-13(21)19-14(15-18-8-9-20(15)2)11-4-3-5-12(16)10-11/h3-5,8-10,14,17H,6-7H2,1-2H3,(H,19,21). The molecule has 0 aliphatic carbocycles. The molecule has 0 aliphatic rings. The number of rotatable bonds is 6. The third kappa shape index (κ3) is 3.88. The van der Waals surface area contributed by atoms with Gasteiger partial charge in [-0.2, -0.15) is 0 Å². The second kappa shape index (κ2) is 6.99. The average molecular weight is 290 g/mol. The highest BCUT2D eigenvalue weighted by molar-refractivity contribution is 5.77. The van der Waals surface area contributed by atoms with E-state index in [2.05, 4.69) is 15.6 Å². The summed E-state index contributed by atoms with van der Waals surface area (Å²) < 4.78 is 15.3. The summed E-state index contributed by atoms with van der Waals surface area (Å²) in [6.07, 6.45) is 3.80. The van der Waals surface area contributed by atoms with Gasteiger partial charge in [0.15, 0.2) is 0 Å². The van der Waals surface area contributed by atoms with Crippen molar-refractivity contribution in [3.8, 4) is 0 Å². The van der Waals surface area contributed by atoms with Gasteiger partial charge in [0.1, 0.15) is 17.7 Å². The smallest absolute Gasteiger partial charge is 0.222 e. The molecule has 1 atom stereocenters. The molecular formula is C15H19FN4O. The molecule has 2 N–H and O–H groups in total. The fourth-order valence-electron chi connectivity index (χ4n) is 2.11. The summed E-state index contributed by atoms with van der Waals surface area (Å²) in [6.45, 7) is 0.586. The summed E-state index contributed by atoms with van der Waals surface area (Å²) in [5.41, 5.74) is 0.669. The predicted octanol–water partition coefficient (Wildman–Crippen LogP) is 1.37. The van der Waals surface area contributed by atoms with E-state index in [1.807, 2.05) is 11.6 Å². The van der Waals surface area contributed by atoms with Crippen LogP contribution in [0.15, 0.2) is 36.7 Å². The summed E-state index contributed by atoms with van der Waals surface area (Å²) in [7, 11) is 3.63. The first-order chi connectivity index (χ1) is 10.1. The lowest BCUT2D eigenvalue weighted by Crippen LogP contribution is -2.32. The highest BCUT2D eigenvalue weighted by Crippen LogP contribution is 2.21. The van der Waals surface area contributed by atoms with E-state index in [0.717, 1.165) is 0 Å². The number of imidazole rings is 1. The van der Waals surface area contributed by atoms with Crippen molar-refractivity contribution in [2.75, 3.05) is 13.6 Å². The fourth-order valence-corrected chi connectivity index (χ4v) is 2.11. The Labute approximate surface area is 123 Å². The van der Waals surface area contributed by atoms with E-state index in [1.165, 1.54) is 12.1 Å². The van der Waals surface area contributed by atoms with E-state index in [4.69, 9.17) is 0 Å². The predicted molar refractivity (Wildman–Crippen MR) is 78.1 cm³/mol. The third-order valence-electron chi connectivity index (χ3n) is 3.21. The molecule has 1 unspecified atom stereocenters. The molecule has 112 valence electrons. The van der Waals surface area contributed by atoms with Gasteiger partial charge in [-0.15, -0.1) is 0 Å². The van der Waals surface area contributed by atoms with Crippen molar-refractivity contribution in [2.24, 2.45) is 7.05 Å². The Kier molecular flexibility index (Phi) is 5.05. The van der Waals surface area contributed by atoms with Crippen LogP contribution in [0.5, 0.6) is 0 Å². The zero-order chi connectivity index (χ0) is 15.2. The Hall–Kier alpha value is -2.21. The second-order valence-corrected chi connectivity index (χ2v) is 4.81. The van der Waals surface area contributed by atoms with Crippen molar-refractivity contribution in [1.29, 1.82) is 0 Å². The quantitative estimate of drug-likeness (QED) is 0.845. The number of nitrogens with one attached hydrogen (secondary N) is 2. The van der Waals surface area contributed by atoms with E-state index < -0.39 is 6.04 Å². The number of hydrogen-bond donors (Lipinski definition) is 2. The minimum atomic E-state index is -0.468. The first-order valence-corrected chi connectivity index (χ1v) is 6.78. The number of halogens is 1. The maximum atomic E-state index is 13.5. The summed E-state index contributed by atoms with van der Waals surface area (Å²) >= 11 is 0. The second-order valence-electron chi connectivity index (χ2n) is 4.81. The lowest BCUT2D eigenvalue weighted by Gasteiger charge is -2.19. The van der Waals surface area contributed by atoms with Gasteiger partial charge in [0.25, 0.3) is 0 Å². The van der Waals surface area contributed by atoms with Gasteiger partial charge in [0, 0.05) is 32.4 Å². The van der Waals surface area contributed by atoms with Gasteiger partial charge < -0.3 is 15.2 Å². The van der Waals surface area contributed by atoms with Crippen molar-refractivity contribution in [1.82, 2.24) is 20.2 Å². The molecule has 5 nitrogen and oxygen atoms in total. The summed E-state index contributed by atoms with van der Waals surface area (Å²) in [6, 6.07) is 5.73. The van der Waals surface area contributed by atoms with Crippen molar-refractivity contribution in [2.45, 2.75) is 12.5 Å². The van der Waals surface area contributed by atoms with Gasteiger partial charge in [-0.1, -0.05) is 12.1 Å². The SMILES string of the molecule is CNCCC(=O)NC(c1cccc(F)c1)c1nccn1C. The number of hydrogen-bond acceptors (Lipinski definition) is 3. The van der Waals surface area contributed by atoms with Gasteiger partial charge in [-0.25, -0.2) is 9.37 Å². The van der Waals surface area contributed by atoms with Gasteiger partial charge >= 0.3 is 0 Å². The van der Waals surface area contributed by atoms with E-state index in [1.54, 1.807) is 31.6 Å². The number of carbonyl (C=O) groups is 1. The van der Waals surface area contributed by atoms with Gasteiger partial charge in [0.05, 0.1) is 0 Å². The Balaban J connectivity index is 2.27. The number of carbonyl (C=O) groups excluding carboxylic acids is 1. The topological polar surface area (TPSA) is 59.0 Å². The van der Waals surface area contributed by atoms with Gasteiger partial charge in [0.2, 0.25) is 5.91 Å². The molecule has 0 bridgehead atoms. The lowest BCUT2D eigenvalue weighted by molar-refractivity contribution is -0.121. The number of aromatic nitrogens is 2. The Bertz CT molecular complexity index is 611. The molecule has 0 spiro atoms. The zero-order valence-corrected chi connectivity index (χ0v) is 12.1. The highest BCUT2D eigenvalue weighted by Gasteiger charge is 2.20. The Morgan fingerprint density at radius 2 is 2.29 bits per heavy atom. The van der Waals surface area contributed by atoms with Crippen LogP contribution in [-0.2, 0) is 11.8 Å². The molecule has 2 rings (SSSR count). The first-order valence-electron chi connectivity index (χ1n) is 6.78. The van der Waals surface area contributed by atoms with Gasteiger partial charge in [-0.05, 0) is 24.7 Å². The van der Waals surface area contributed by atoms with Gasteiger partial charge in [-0.3, -0.25) is 4.79 Å². The minimum absolute atomic E-state index is 0.110. The van der Waals surface area contributed by atoms with Crippen LogP contribution < -0.4 is 10.6 Å². The van der Waals surface area contributed by atoms with Crippen molar-refractivity contribution < 1.29 is 9.18 Å². The van der Waals surface area contributed by atoms with Crippen molar-refractivity contribution >= 4 is 5.91 Å². The normalized spacial score (nSPS) is 12.1. The van der Waals surface area contributed by atoms with Crippen LogP contribution in [0.25, 0.3) is 0 Å². The van der Waals surface area contributed by atoms with E-state index in [9.17, 15) is 9.18 Å². The molecule has 1 amide bonds. The number of nitrogens with zero attached hydrogens (tertiary/aromatic N) is 2. The monoisotopic (exact) mass is 290 g/mol. The molecule has 6 heteroatoms. The van der Waals surface area contributed by atoms with E-state index >= 15 is 0 Å². The molecule has 0 saturated heterocycles.